The number of hydrogen-bond acceptors (Lipinski definition) is 4. The summed E-state index contributed by atoms with van der Waals surface area (Å²) in [5.41, 5.74) is -0.203. The number of nitrogens with zero attached hydrogens (tertiary/aromatic N) is 1. The van der Waals surface area contributed by atoms with Gasteiger partial charge in [0.1, 0.15) is 10.6 Å². The minimum atomic E-state index is -0.203. The zero-order chi connectivity index (χ0) is 9.31. The molecular formula is C9H13NO2S. The second-order valence-electron chi connectivity index (χ2n) is 3.42. The average Bonchev–Trinajstić information content (AvgIpc) is 2.73. The third-order valence-corrected chi connectivity index (χ3v) is 3.70. The van der Waals surface area contributed by atoms with Crippen LogP contribution < -0.4 is 0 Å². The lowest BCUT2D eigenvalue weighted by Gasteiger charge is -2.24. The first kappa shape index (κ1) is 8.97. The van der Waals surface area contributed by atoms with Crippen LogP contribution in [0.5, 0.6) is 5.88 Å². The largest absolute Gasteiger partial charge is 0.493 e. The van der Waals surface area contributed by atoms with Crippen LogP contribution >= 0.6 is 11.3 Å². The van der Waals surface area contributed by atoms with Crippen molar-refractivity contribution >= 4 is 11.3 Å². The summed E-state index contributed by atoms with van der Waals surface area (Å²) in [6.07, 6.45) is 4.43. The summed E-state index contributed by atoms with van der Waals surface area (Å²) in [7, 11) is 1.73. The maximum absolute atomic E-state index is 9.17. The van der Waals surface area contributed by atoms with Crippen LogP contribution in [0, 0.1) is 0 Å². The van der Waals surface area contributed by atoms with Gasteiger partial charge in [0.2, 0.25) is 5.88 Å². The van der Waals surface area contributed by atoms with Crippen LogP contribution in [0.1, 0.15) is 30.7 Å². The fourth-order valence-corrected chi connectivity index (χ4v) is 2.84. The molecule has 1 N–H and O–H groups in total. The lowest BCUT2D eigenvalue weighted by atomic mass is 10.0. The highest BCUT2D eigenvalue weighted by atomic mass is 32.1. The maximum atomic E-state index is 9.17. The van der Waals surface area contributed by atoms with E-state index in [-0.39, 0.29) is 11.5 Å². The van der Waals surface area contributed by atoms with Gasteiger partial charge in [-0.1, -0.05) is 12.8 Å². The Hall–Kier alpha value is -0.610. The Balaban J connectivity index is 2.30. The van der Waals surface area contributed by atoms with E-state index in [1.807, 2.05) is 0 Å². The van der Waals surface area contributed by atoms with Crippen molar-refractivity contribution in [2.24, 2.45) is 0 Å². The SMILES string of the molecule is COC1(c2nc(O)cs2)CCCC1. The number of thiazole rings is 1. The van der Waals surface area contributed by atoms with E-state index in [2.05, 4.69) is 4.98 Å². The highest BCUT2D eigenvalue weighted by Gasteiger charge is 2.38. The molecule has 1 aromatic rings. The van der Waals surface area contributed by atoms with Gasteiger partial charge in [-0.15, -0.1) is 11.3 Å². The van der Waals surface area contributed by atoms with Gasteiger partial charge in [-0.05, 0) is 12.8 Å². The fourth-order valence-electron chi connectivity index (χ4n) is 1.93. The zero-order valence-corrected chi connectivity index (χ0v) is 8.43. The smallest absolute Gasteiger partial charge is 0.222 e. The summed E-state index contributed by atoms with van der Waals surface area (Å²) in [6.45, 7) is 0. The Morgan fingerprint density at radius 3 is 2.69 bits per heavy atom. The van der Waals surface area contributed by atoms with Gasteiger partial charge in [-0.2, -0.15) is 0 Å². The van der Waals surface area contributed by atoms with Gasteiger partial charge in [-0.25, -0.2) is 4.98 Å². The monoisotopic (exact) mass is 199 g/mol. The van der Waals surface area contributed by atoms with Gasteiger partial charge in [0.25, 0.3) is 0 Å². The summed E-state index contributed by atoms with van der Waals surface area (Å²) >= 11 is 1.48. The predicted octanol–water partition coefficient (Wildman–Crippen LogP) is 2.26. The number of rotatable bonds is 2. The third-order valence-electron chi connectivity index (χ3n) is 2.68. The van der Waals surface area contributed by atoms with Crippen molar-refractivity contribution < 1.29 is 9.84 Å². The van der Waals surface area contributed by atoms with Gasteiger partial charge in [-0.3, -0.25) is 0 Å². The first-order valence-electron chi connectivity index (χ1n) is 4.47. The molecule has 0 amide bonds. The van der Waals surface area contributed by atoms with Crippen LogP contribution in [0.25, 0.3) is 0 Å². The minimum absolute atomic E-state index is 0.114. The number of methoxy groups -OCH3 is 1. The topological polar surface area (TPSA) is 42.4 Å². The number of aromatic nitrogens is 1. The van der Waals surface area contributed by atoms with Crippen LogP contribution in [0.4, 0.5) is 0 Å². The molecule has 2 rings (SSSR count). The van der Waals surface area contributed by atoms with E-state index >= 15 is 0 Å². The van der Waals surface area contributed by atoms with Crippen LogP contribution in [-0.4, -0.2) is 17.2 Å². The zero-order valence-electron chi connectivity index (χ0n) is 7.62. The molecule has 0 radical (unpaired) electrons. The molecule has 0 aromatic carbocycles. The molecule has 1 heterocycles. The molecule has 0 atom stereocenters. The second kappa shape index (κ2) is 3.27. The number of ether oxygens (including phenoxy) is 1. The van der Waals surface area contributed by atoms with Crippen molar-refractivity contribution in [1.82, 2.24) is 4.98 Å². The first-order chi connectivity index (χ1) is 6.27. The van der Waals surface area contributed by atoms with E-state index in [4.69, 9.17) is 9.84 Å². The standard InChI is InChI=1S/C9H13NO2S/c1-12-9(4-2-3-5-9)8-10-7(11)6-13-8/h6,11H,2-5H2,1H3. The van der Waals surface area contributed by atoms with Gasteiger partial charge in [0, 0.05) is 7.11 Å². The summed E-state index contributed by atoms with van der Waals surface area (Å²) in [5, 5.41) is 11.7. The summed E-state index contributed by atoms with van der Waals surface area (Å²) < 4.78 is 5.53. The molecule has 0 bridgehead atoms. The van der Waals surface area contributed by atoms with Crippen molar-refractivity contribution in [2.75, 3.05) is 7.11 Å². The molecule has 1 aromatic heterocycles. The van der Waals surface area contributed by atoms with Crippen molar-refractivity contribution in [3.63, 3.8) is 0 Å². The van der Waals surface area contributed by atoms with E-state index < -0.39 is 0 Å². The van der Waals surface area contributed by atoms with Crippen LogP contribution in [0.15, 0.2) is 5.38 Å². The van der Waals surface area contributed by atoms with E-state index in [0.717, 1.165) is 17.8 Å². The molecule has 0 aliphatic heterocycles. The lowest BCUT2D eigenvalue weighted by molar-refractivity contribution is -0.00912. The van der Waals surface area contributed by atoms with Crippen molar-refractivity contribution in [3.8, 4) is 5.88 Å². The van der Waals surface area contributed by atoms with Crippen LogP contribution in [-0.2, 0) is 10.3 Å². The van der Waals surface area contributed by atoms with Gasteiger partial charge >= 0.3 is 0 Å². The fraction of sp³-hybridized carbons (Fsp3) is 0.667. The van der Waals surface area contributed by atoms with E-state index in [0.29, 0.717) is 0 Å². The molecule has 1 aliphatic rings. The van der Waals surface area contributed by atoms with E-state index in [9.17, 15) is 0 Å². The highest BCUT2D eigenvalue weighted by Crippen LogP contribution is 2.43. The molecule has 13 heavy (non-hydrogen) atoms. The normalized spacial score (nSPS) is 20.7. The Kier molecular flexibility index (Phi) is 2.26. The van der Waals surface area contributed by atoms with Crippen LogP contribution in [0.3, 0.4) is 0 Å². The third kappa shape index (κ3) is 1.44. The maximum Gasteiger partial charge on any atom is 0.222 e. The molecule has 4 heteroatoms. The molecule has 0 saturated heterocycles. The Bertz CT molecular complexity index is 292. The summed E-state index contributed by atoms with van der Waals surface area (Å²) in [4.78, 5) is 4.08. The number of aromatic hydroxyl groups is 1. The summed E-state index contributed by atoms with van der Waals surface area (Å²) in [5.74, 6) is 0.114. The van der Waals surface area contributed by atoms with Gasteiger partial charge < -0.3 is 9.84 Å². The molecule has 3 nitrogen and oxygen atoms in total. The number of hydrogen-bond donors (Lipinski definition) is 1. The highest BCUT2D eigenvalue weighted by molar-refractivity contribution is 7.10. The molecule has 1 fully saturated rings. The lowest BCUT2D eigenvalue weighted by Crippen LogP contribution is -2.23. The average molecular weight is 199 g/mol. The molecule has 72 valence electrons. The molecule has 1 saturated carbocycles. The molecule has 0 unspecified atom stereocenters. The Labute approximate surface area is 81.4 Å². The van der Waals surface area contributed by atoms with Crippen molar-refractivity contribution in [2.45, 2.75) is 31.3 Å². The quantitative estimate of drug-likeness (QED) is 0.794. The molecular weight excluding hydrogens is 186 g/mol. The first-order valence-corrected chi connectivity index (χ1v) is 5.35. The van der Waals surface area contributed by atoms with Crippen molar-refractivity contribution in [3.05, 3.63) is 10.4 Å². The minimum Gasteiger partial charge on any atom is -0.493 e. The summed E-state index contributed by atoms with van der Waals surface area (Å²) in [6, 6.07) is 0. The Morgan fingerprint density at radius 2 is 2.23 bits per heavy atom. The Morgan fingerprint density at radius 1 is 1.54 bits per heavy atom. The van der Waals surface area contributed by atoms with Gasteiger partial charge in [0.05, 0.1) is 5.38 Å². The van der Waals surface area contributed by atoms with Crippen molar-refractivity contribution in [1.29, 1.82) is 0 Å². The predicted molar refractivity (Wildman–Crippen MR) is 50.9 cm³/mol. The molecule has 1 aliphatic carbocycles. The molecule has 0 spiro atoms. The second-order valence-corrected chi connectivity index (χ2v) is 4.27. The van der Waals surface area contributed by atoms with E-state index in [1.165, 1.54) is 24.2 Å². The van der Waals surface area contributed by atoms with Gasteiger partial charge in [0.15, 0.2) is 0 Å². The van der Waals surface area contributed by atoms with E-state index in [1.54, 1.807) is 12.5 Å². The van der Waals surface area contributed by atoms with Crippen LogP contribution in [0.2, 0.25) is 0 Å².